The quantitative estimate of drug-likeness (QED) is 0.838. The zero-order chi connectivity index (χ0) is 17.1. The van der Waals surface area contributed by atoms with Gasteiger partial charge >= 0.3 is 0 Å². The summed E-state index contributed by atoms with van der Waals surface area (Å²) in [6.07, 6.45) is 13.3. The molecule has 6 nitrogen and oxygen atoms in total. The molecule has 1 saturated heterocycles. The zero-order valence-corrected chi connectivity index (χ0v) is 15.3. The van der Waals surface area contributed by atoms with Crippen LogP contribution in [-0.4, -0.2) is 48.6 Å². The minimum absolute atomic E-state index is 0.554. The number of piperidine rings is 1. The maximum atomic E-state index is 4.58. The maximum absolute atomic E-state index is 4.58. The Morgan fingerprint density at radius 3 is 2.52 bits per heavy atom. The smallest absolute Gasteiger partial charge is 0.154 e. The van der Waals surface area contributed by atoms with Gasteiger partial charge in [0, 0.05) is 30.9 Å². The van der Waals surface area contributed by atoms with Crippen LogP contribution in [0.4, 0.5) is 0 Å². The summed E-state index contributed by atoms with van der Waals surface area (Å²) < 4.78 is 4.23. The number of nitrogens with zero attached hydrogens (tertiary/aromatic N) is 6. The summed E-state index contributed by atoms with van der Waals surface area (Å²) in [6, 6.07) is 2.79. The molecule has 1 aliphatic carbocycles. The molecule has 2 aromatic rings. The standard InChI is InChI=1S/C19H30N6/c1-2-25-18(15-24-12-6-11-20-24)21-22-19(25)16-9-13-23(14-10-16)17-7-4-3-5-8-17/h6,11-12,16-17H,2-5,7-10,13-15H2,1H3. The fourth-order valence-corrected chi connectivity index (χ4v) is 4.62. The van der Waals surface area contributed by atoms with Crippen molar-refractivity contribution in [2.75, 3.05) is 13.1 Å². The van der Waals surface area contributed by atoms with E-state index in [1.54, 1.807) is 0 Å². The van der Waals surface area contributed by atoms with Crippen molar-refractivity contribution in [3.8, 4) is 0 Å². The summed E-state index contributed by atoms with van der Waals surface area (Å²) in [5, 5.41) is 13.4. The van der Waals surface area contributed by atoms with Gasteiger partial charge in [-0.15, -0.1) is 10.2 Å². The van der Waals surface area contributed by atoms with Crippen LogP contribution in [0.2, 0.25) is 0 Å². The van der Waals surface area contributed by atoms with E-state index in [0.29, 0.717) is 12.5 Å². The molecule has 4 rings (SSSR count). The van der Waals surface area contributed by atoms with Crippen molar-refractivity contribution in [2.45, 2.75) is 76.9 Å². The number of hydrogen-bond acceptors (Lipinski definition) is 4. The molecule has 3 heterocycles. The Kier molecular flexibility index (Phi) is 5.15. The molecule has 0 unspecified atom stereocenters. The molecule has 25 heavy (non-hydrogen) atoms. The highest BCUT2D eigenvalue weighted by Crippen LogP contribution is 2.31. The molecule has 1 saturated carbocycles. The van der Waals surface area contributed by atoms with Crippen LogP contribution < -0.4 is 0 Å². The maximum Gasteiger partial charge on any atom is 0.154 e. The minimum atomic E-state index is 0.554. The van der Waals surface area contributed by atoms with Gasteiger partial charge in [-0.1, -0.05) is 19.3 Å². The fourth-order valence-electron chi connectivity index (χ4n) is 4.62. The molecule has 0 atom stereocenters. The monoisotopic (exact) mass is 342 g/mol. The van der Waals surface area contributed by atoms with Crippen LogP contribution in [0.3, 0.4) is 0 Å². The molecule has 0 spiro atoms. The van der Waals surface area contributed by atoms with Crippen LogP contribution >= 0.6 is 0 Å². The van der Waals surface area contributed by atoms with Gasteiger partial charge in [0.15, 0.2) is 5.82 Å². The summed E-state index contributed by atoms with van der Waals surface area (Å²) in [5.41, 5.74) is 0. The molecule has 2 aromatic heterocycles. The van der Waals surface area contributed by atoms with E-state index >= 15 is 0 Å². The molecule has 1 aliphatic heterocycles. The van der Waals surface area contributed by atoms with Gasteiger partial charge in [-0.25, -0.2) is 0 Å². The SMILES string of the molecule is CCn1c(Cn2cccn2)nnc1C1CCN(C2CCCCC2)CC1. The zero-order valence-electron chi connectivity index (χ0n) is 15.3. The third-order valence-corrected chi connectivity index (χ3v) is 6.02. The molecular weight excluding hydrogens is 312 g/mol. The van der Waals surface area contributed by atoms with Gasteiger partial charge in [-0.3, -0.25) is 4.68 Å². The molecule has 0 radical (unpaired) electrons. The highest BCUT2D eigenvalue weighted by molar-refractivity contribution is 5.05. The lowest BCUT2D eigenvalue weighted by molar-refractivity contribution is 0.120. The Balaban J connectivity index is 1.41. The van der Waals surface area contributed by atoms with Crippen molar-refractivity contribution < 1.29 is 0 Å². The van der Waals surface area contributed by atoms with Gasteiger partial charge in [0.05, 0.1) is 0 Å². The lowest BCUT2D eigenvalue weighted by Crippen LogP contribution is -2.42. The molecule has 0 N–H and O–H groups in total. The summed E-state index contributed by atoms with van der Waals surface area (Å²) in [6.45, 7) is 6.27. The van der Waals surface area contributed by atoms with Crippen LogP contribution in [0.5, 0.6) is 0 Å². The molecule has 2 fully saturated rings. The van der Waals surface area contributed by atoms with E-state index in [1.807, 2.05) is 23.1 Å². The predicted octanol–water partition coefficient (Wildman–Crippen LogP) is 3.05. The molecule has 0 bridgehead atoms. The highest BCUT2D eigenvalue weighted by Gasteiger charge is 2.29. The first-order valence-corrected chi connectivity index (χ1v) is 9.98. The van der Waals surface area contributed by atoms with Crippen molar-refractivity contribution >= 4 is 0 Å². The van der Waals surface area contributed by atoms with E-state index in [0.717, 1.165) is 18.4 Å². The Morgan fingerprint density at radius 2 is 1.84 bits per heavy atom. The average molecular weight is 342 g/mol. The molecule has 2 aliphatic rings. The van der Waals surface area contributed by atoms with Crippen LogP contribution in [0.1, 0.15) is 69.4 Å². The van der Waals surface area contributed by atoms with Gasteiger partial charge in [-0.2, -0.15) is 5.10 Å². The third kappa shape index (κ3) is 3.64. The predicted molar refractivity (Wildman–Crippen MR) is 97.4 cm³/mol. The summed E-state index contributed by atoms with van der Waals surface area (Å²) in [5.74, 6) is 2.77. The van der Waals surface area contributed by atoms with Gasteiger partial charge in [0.1, 0.15) is 12.4 Å². The van der Waals surface area contributed by atoms with Crippen LogP contribution in [0, 0.1) is 0 Å². The Hall–Kier alpha value is -1.69. The molecule has 0 aromatic carbocycles. The van der Waals surface area contributed by atoms with E-state index < -0.39 is 0 Å². The molecular formula is C19H30N6. The molecule has 6 heteroatoms. The Bertz CT molecular complexity index is 648. The van der Waals surface area contributed by atoms with Crippen LogP contribution in [0.15, 0.2) is 18.5 Å². The topological polar surface area (TPSA) is 51.8 Å². The largest absolute Gasteiger partial charge is 0.313 e. The normalized spacial score (nSPS) is 21.0. The number of rotatable bonds is 5. The van der Waals surface area contributed by atoms with Gasteiger partial charge in [0.25, 0.3) is 0 Å². The second-order valence-corrected chi connectivity index (χ2v) is 7.52. The Morgan fingerprint density at radius 1 is 1.04 bits per heavy atom. The van der Waals surface area contributed by atoms with Crippen molar-refractivity contribution in [1.82, 2.24) is 29.4 Å². The highest BCUT2D eigenvalue weighted by atomic mass is 15.3. The first-order chi connectivity index (χ1) is 12.3. The molecule has 136 valence electrons. The van der Waals surface area contributed by atoms with Gasteiger partial charge < -0.3 is 9.47 Å². The number of aromatic nitrogens is 5. The van der Waals surface area contributed by atoms with Crippen molar-refractivity contribution in [3.05, 3.63) is 30.1 Å². The van der Waals surface area contributed by atoms with E-state index in [2.05, 4.69) is 31.7 Å². The number of likely N-dealkylation sites (tertiary alicyclic amines) is 1. The van der Waals surface area contributed by atoms with Crippen molar-refractivity contribution in [2.24, 2.45) is 0 Å². The lowest BCUT2D eigenvalue weighted by atomic mass is 9.90. The van der Waals surface area contributed by atoms with E-state index in [-0.39, 0.29) is 0 Å². The van der Waals surface area contributed by atoms with E-state index in [4.69, 9.17) is 0 Å². The van der Waals surface area contributed by atoms with Crippen LogP contribution in [0.25, 0.3) is 0 Å². The third-order valence-electron chi connectivity index (χ3n) is 6.02. The van der Waals surface area contributed by atoms with Crippen LogP contribution in [-0.2, 0) is 13.1 Å². The first-order valence-electron chi connectivity index (χ1n) is 9.98. The van der Waals surface area contributed by atoms with Crippen molar-refractivity contribution in [1.29, 1.82) is 0 Å². The van der Waals surface area contributed by atoms with E-state index in [1.165, 1.54) is 63.9 Å². The van der Waals surface area contributed by atoms with E-state index in [9.17, 15) is 0 Å². The number of hydrogen-bond donors (Lipinski definition) is 0. The summed E-state index contributed by atoms with van der Waals surface area (Å²) >= 11 is 0. The Labute approximate surface area is 150 Å². The lowest BCUT2D eigenvalue weighted by Gasteiger charge is -2.39. The average Bonchev–Trinajstić information content (AvgIpc) is 3.32. The summed E-state index contributed by atoms with van der Waals surface area (Å²) in [7, 11) is 0. The first kappa shape index (κ1) is 16.8. The van der Waals surface area contributed by atoms with Gasteiger partial charge in [-0.05, 0) is 51.8 Å². The summed E-state index contributed by atoms with van der Waals surface area (Å²) in [4.78, 5) is 2.74. The second kappa shape index (κ2) is 7.68. The second-order valence-electron chi connectivity index (χ2n) is 7.52. The van der Waals surface area contributed by atoms with Gasteiger partial charge in [0.2, 0.25) is 0 Å². The molecule has 0 amide bonds. The fraction of sp³-hybridized carbons (Fsp3) is 0.737. The van der Waals surface area contributed by atoms with Crippen molar-refractivity contribution in [3.63, 3.8) is 0 Å². The minimum Gasteiger partial charge on any atom is -0.313 e.